The van der Waals surface area contributed by atoms with E-state index in [1.807, 2.05) is 30.5 Å². The average molecular weight is 483 g/mol. The first-order valence-electron chi connectivity index (χ1n) is 11.0. The predicted octanol–water partition coefficient (Wildman–Crippen LogP) is 5.42. The van der Waals surface area contributed by atoms with Crippen molar-refractivity contribution in [3.05, 3.63) is 58.7 Å². The normalized spacial score (nSPS) is 17.9. The first kappa shape index (κ1) is 21.0. The van der Waals surface area contributed by atoms with Gasteiger partial charge in [0.15, 0.2) is 17.8 Å². The lowest BCUT2D eigenvalue weighted by molar-refractivity contribution is -0.0168. The van der Waals surface area contributed by atoms with Gasteiger partial charge in [-0.25, -0.2) is 0 Å². The fourth-order valence-electron chi connectivity index (χ4n) is 4.51. The van der Waals surface area contributed by atoms with E-state index >= 15 is 0 Å². The molecule has 0 saturated carbocycles. The van der Waals surface area contributed by atoms with Crippen LogP contribution in [0.15, 0.2) is 47.8 Å². The zero-order valence-electron chi connectivity index (χ0n) is 17.9. The highest BCUT2D eigenvalue weighted by Crippen LogP contribution is 2.37. The summed E-state index contributed by atoms with van der Waals surface area (Å²) in [5.74, 6) is 2.38. The van der Waals surface area contributed by atoms with Crippen LogP contribution < -0.4 is 4.74 Å². The number of para-hydroxylation sites is 1. The summed E-state index contributed by atoms with van der Waals surface area (Å²) in [4.78, 5) is 3.35. The molecule has 4 heterocycles. The Balaban J connectivity index is 1.34. The smallest absolute Gasteiger partial charge is 0.191 e. The van der Waals surface area contributed by atoms with Gasteiger partial charge in [-0.15, -0.1) is 10.2 Å². The lowest BCUT2D eigenvalue weighted by Gasteiger charge is -2.21. The van der Waals surface area contributed by atoms with Crippen LogP contribution in [-0.4, -0.2) is 39.3 Å². The molecule has 4 aromatic rings. The lowest BCUT2D eigenvalue weighted by Crippen LogP contribution is -2.16. The highest BCUT2D eigenvalue weighted by molar-refractivity contribution is 7.98. The third-order valence-corrected chi connectivity index (χ3v) is 7.30. The Kier molecular flexibility index (Phi) is 5.75. The molecular weight excluding hydrogens is 460 g/mol. The number of nitrogens with one attached hydrogen (secondary N) is 1. The number of thioether (sulfide) groups is 1. The number of aromatic nitrogens is 4. The van der Waals surface area contributed by atoms with Crippen molar-refractivity contribution >= 4 is 34.3 Å². The van der Waals surface area contributed by atoms with Gasteiger partial charge < -0.3 is 19.2 Å². The van der Waals surface area contributed by atoms with Crippen molar-refractivity contribution in [1.29, 1.82) is 0 Å². The van der Waals surface area contributed by atoms with Crippen molar-refractivity contribution in [3.8, 4) is 17.1 Å². The summed E-state index contributed by atoms with van der Waals surface area (Å²) in [6, 6.07) is 12.1. The molecule has 0 spiro atoms. The standard InChI is InChI=1S/C24H23ClN4O3S/c25-17-8-15-12-30-14-32-22(15)16(9-17)13-33-24-28-27-23(29(24)11-18-4-3-7-31-18)20-10-26-21-6-2-1-5-19(20)21/h1-2,5-6,8-10,18,26H,3-4,7,11-14H2. The molecule has 33 heavy (non-hydrogen) atoms. The van der Waals surface area contributed by atoms with E-state index in [9.17, 15) is 0 Å². The third-order valence-electron chi connectivity index (χ3n) is 6.07. The minimum absolute atomic E-state index is 0.170. The molecule has 0 amide bonds. The summed E-state index contributed by atoms with van der Waals surface area (Å²) in [6.07, 6.45) is 4.32. The van der Waals surface area contributed by atoms with Crippen LogP contribution in [0.1, 0.15) is 24.0 Å². The van der Waals surface area contributed by atoms with Crippen LogP contribution in [0, 0.1) is 0 Å². The SMILES string of the molecule is Clc1cc2c(c(CSc3nnc(-c4c[nH]c5ccccc45)n3CC3CCCO3)c1)OCOC2. The number of benzene rings is 2. The van der Waals surface area contributed by atoms with Gasteiger partial charge in [0.25, 0.3) is 0 Å². The van der Waals surface area contributed by atoms with Gasteiger partial charge in [-0.2, -0.15) is 0 Å². The topological polar surface area (TPSA) is 74.2 Å². The summed E-state index contributed by atoms with van der Waals surface area (Å²) >= 11 is 7.99. The van der Waals surface area contributed by atoms with Crippen LogP contribution in [0.5, 0.6) is 5.75 Å². The van der Waals surface area contributed by atoms with E-state index in [4.69, 9.17) is 25.8 Å². The molecule has 1 atom stereocenters. The maximum absolute atomic E-state index is 6.36. The predicted molar refractivity (Wildman–Crippen MR) is 128 cm³/mol. The van der Waals surface area contributed by atoms with E-state index in [0.717, 1.165) is 70.3 Å². The summed E-state index contributed by atoms with van der Waals surface area (Å²) in [5, 5.41) is 11.9. The zero-order valence-corrected chi connectivity index (χ0v) is 19.5. The van der Waals surface area contributed by atoms with E-state index in [1.54, 1.807) is 11.8 Å². The molecule has 2 aromatic carbocycles. The molecule has 1 N–H and O–H groups in total. The van der Waals surface area contributed by atoms with Gasteiger partial charge in [0.2, 0.25) is 0 Å². The summed E-state index contributed by atoms with van der Waals surface area (Å²) in [7, 11) is 0. The molecule has 0 aliphatic carbocycles. The van der Waals surface area contributed by atoms with E-state index in [2.05, 4.69) is 31.9 Å². The van der Waals surface area contributed by atoms with Gasteiger partial charge in [0, 0.05) is 51.2 Å². The largest absolute Gasteiger partial charge is 0.467 e. The molecular formula is C24H23ClN4O3S. The fraction of sp³-hybridized carbons (Fsp3) is 0.333. The number of halogens is 1. The molecule has 2 aliphatic heterocycles. The number of hydrogen-bond acceptors (Lipinski definition) is 6. The first-order valence-corrected chi connectivity index (χ1v) is 12.4. The summed E-state index contributed by atoms with van der Waals surface area (Å²) < 4.78 is 19.3. The Hall–Kier alpha value is -2.52. The maximum Gasteiger partial charge on any atom is 0.191 e. The molecule has 1 unspecified atom stereocenters. The van der Waals surface area contributed by atoms with Crippen molar-refractivity contribution in [1.82, 2.24) is 19.7 Å². The molecule has 0 radical (unpaired) electrons. The Labute approximate surface area is 200 Å². The first-order chi connectivity index (χ1) is 16.3. The molecule has 7 nitrogen and oxygen atoms in total. The Morgan fingerprint density at radius 3 is 3.06 bits per heavy atom. The number of rotatable bonds is 6. The summed E-state index contributed by atoms with van der Waals surface area (Å²) in [6.45, 7) is 2.30. The van der Waals surface area contributed by atoms with Gasteiger partial charge in [0.05, 0.1) is 19.3 Å². The second-order valence-corrected chi connectivity index (χ2v) is 9.63. The highest BCUT2D eigenvalue weighted by Gasteiger charge is 2.24. The quantitative estimate of drug-likeness (QED) is 0.370. The minimum atomic E-state index is 0.170. The van der Waals surface area contributed by atoms with Crippen molar-refractivity contribution < 1.29 is 14.2 Å². The number of nitrogens with zero attached hydrogens (tertiary/aromatic N) is 3. The van der Waals surface area contributed by atoms with Crippen molar-refractivity contribution in [2.45, 2.75) is 43.0 Å². The molecule has 1 saturated heterocycles. The fourth-order valence-corrected chi connectivity index (χ4v) is 5.69. The molecule has 9 heteroatoms. The van der Waals surface area contributed by atoms with Crippen LogP contribution in [0.2, 0.25) is 5.02 Å². The molecule has 170 valence electrons. The van der Waals surface area contributed by atoms with Crippen molar-refractivity contribution in [2.24, 2.45) is 0 Å². The van der Waals surface area contributed by atoms with Crippen LogP contribution in [0.3, 0.4) is 0 Å². The number of hydrogen-bond donors (Lipinski definition) is 1. The van der Waals surface area contributed by atoms with E-state index in [0.29, 0.717) is 17.4 Å². The maximum atomic E-state index is 6.36. The van der Waals surface area contributed by atoms with Crippen molar-refractivity contribution in [3.63, 3.8) is 0 Å². The minimum Gasteiger partial charge on any atom is -0.467 e. The lowest BCUT2D eigenvalue weighted by atomic mass is 10.1. The Morgan fingerprint density at radius 2 is 2.15 bits per heavy atom. The Morgan fingerprint density at radius 1 is 1.21 bits per heavy atom. The van der Waals surface area contributed by atoms with E-state index in [1.165, 1.54) is 0 Å². The number of aromatic amines is 1. The van der Waals surface area contributed by atoms with Gasteiger partial charge >= 0.3 is 0 Å². The van der Waals surface area contributed by atoms with E-state index in [-0.39, 0.29) is 12.9 Å². The van der Waals surface area contributed by atoms with Crippen LogP contribution >= 0.6 is 23.4 Å². The van der Waals surface area contributed by atoms with Gasteiger partial charge in [0.1, 0.15) is 5.75 Å². The molecule has 6 rings (SSSR count). The number of fused-ring (bicyclic) bond motifs is 2. The van der Waals surface area contributed by atoms with Gasteiger partial charge in [-0.05, 0) is 31.0 Å². The van der Waals surface area contributed by atoms with Crippen molar-refractivity contribution in [2.75, 3.05) is 13.4 Å². The molecule has 1 fully saturated rings. The van der Waals surface area contributed by atoms with Gasteiger partial charge in [-0.3, -0.25) is 4.57 Å². The third kappa shape index (κ3) is 4.12. The number of ether oxygens (including phenoxy) is 3. The molecule has 2 aliphatic rings. The van der Waals surface area contributed by atoms with Gasteiger partial charge in [-0.1, -0.05) is 41.6 Å². The molecule has 2 aromatic heterocycles. The number of H-pyrrole nitrogens is 1. The van der Waals surface area contributed by atoms with Crippen LogP contribution in [0.25, 0.3) is 22.3 Å². The second kappa shape index (κ2) is 9.02. The summed E-state index contributed by atoms with van der Waals surface area (Å²) in [5.41, 5.74) is 4.14. The molecule has 0 bridgehead atoms. The highest BCUT2D eigenvalue weighted by atomic mass is 35.5. The Bertz CT molecular complexity index is 1300. The monoisotopic (exact) mass is 482 g/mol. The second-order valence-electron chi connectivity index (χ2n) is 8.25. The van der Waals surface area contributed by atoms with Crippen LogP contribution in [0.4, 0.5) is 0 Å². The zero-order chi connectivity index (χ0) is 22.2. The van der Waals surface area contributed by atoms with E-state index < -0.39 is 0 Å². The average Bonchev–Trinajstić information content (AvgIpc) is 3.58. The van der Waals surface area contributed by atoms with Crippen LogP contribution in [-0.2, 0) is 28.4 Å².